The fourth-order valence-electron chi connectivity index (χ4n) is 0.972. The lowest BCUT2D eigenvalue weighted by Gasteiger charge is -2.08. The molecule has 0 aliphatic heterocycles. The Kier molecular flexibility index (Phi) is 3.01. The molecule has 4 heteroatoms. The van der Waals surface area contributed by atoms with Crippen LogP contribution in [0.2, 0.25) is 0 Å². The molecule has 4 N–H and O–H groups in total. The highest BCUT2D eigenvalue weighted by Crippen LogP contribution is 2.06. The van der Waals surface area contributed by atoms with Crippen LogP contribution in [0.5, 0.6) is 0 Å². The van der Waals surface area contributed by atoms with E-state index in [4.69, 9.17) is 10.8 Å². The Morgan fingerprint density at radius 2 is 2.42 bits per heavy atom. The van der Waals surface area contributed by atoms with Crippen molar-refractivity contribution < 1.29 is 5.11 Å². The SMILES string of the molecule is N[C@H](CCO)c1cc(=O)cc[nH]1. The first-order valence-electron chi connectivity index (χ1n) is 3.79. The maximum absolute atomic E-state index is 10.9. The van der Waals surface area contributed by atoms with Gasteiger partial charge in [0, 0.05) is 36.7 Å². The Morgan fingerprint density at radius 3 is 3.00 bits per heavy atom. The number of hydrogen-bond donors (Lipinski definition) is 3. The lowest BCUT2D eigenvalue weighted by molar-refractivity contribution is 0.275. The van der Waals surface area contributed by atoms with Crippen LogP contribution in [-0.2, 0) is 0 Å². The Balaban J connectivity index is 2.80. The third-order valence-corrected chi connectivity index (χ3v) is 1.63. The van der Waals surface area contributed by atoms with Crippen molar-refractivity contribution >= 4 is 0 Å². The van der Waals surface area contributed by atoms with Crippen molar-refractivity contribution in [1.82, 2.24) is 4.98 Å². The number of nitrogens with one attached hydrogen (secondary N) is 1. The highest BCUT2D eigenvalue weighted by molar-refractivity contribution is 5.08. The lowest BCUT2D eigenvalue weighted by Crippen LogP contribution is -2.15. The van der Waals surface area contributed by atoms with Crippen molar-refractivity contribution in [2.75, 3.05) is 6.61 Å². The quantitative estimate of drug-likeness (QED) is 0.582. The van der Waals surface area contributed by atoms with Gasteiger partial charge < -0.3 is 15.8 Å². The van der Waals surface area contributed by atoms with Crippen LogP contribution in [-0.4, -0.2) is 16.7 Å². The average molecular weight is 168 g/mol. The largest absolute Gasteiger partial charge is 0.396 e. The van der Waals surface area contributed by atoms with Gasteiger partial charge in [-0.2, -0.15) is 0 Å². The molecular formula is C8H12N2O2. The minimum absolute atomic E-state index is 0.0259. The lowest BCUT2D eigenvalue weighted by atomic mass is 10.1. The monoisotopic (exact) mass is 168 g/mol. The highest BCUT2D eigenvalue weighted by atomic mass is 16.3. The normalized spacial score (nSPS) is 12.8. The third-order valence-electron chi connectivity index (χ3n) is 1.63. The number of aliphatic hydroxyl groups is 1. The van der Waals surface area contributed by atoms with Gasteiger partial charge in [-0.1, -0.05) is 0 Å². The smallest absolute Gasteiger partial charge is 0.181 e. The predicted octanol–water partition coefficient (Wildman–Crippen LogP) is -0.243. The molecule has 0 unspecified atom stereocenters. The van der Waals surface area contributed by atoms with Crippen molar-refractivity contribution in [3.8, 4) is 0 Å². The van der Waals surface area contributed by atoms with Gasteiger partial charge in [0.25, 0.3) is 0 Å². The number of nitrogens with two attached hydrogens (primary N) is 1. The van der Waals surface area contributed by atoms with Crippen molar-refractivity contribution in [2.24, 2.45) is 5.73 Å². The number of rotatable bonds is 3. The summed E-state index contributed by atoms with van der Waals surface area (Å²) < 4.78 is 0. The fourth-order valence-corrected chi connectivity index (χ4v) is 0.972. The molecule has 1 heterocycles. The van der Waals surface area contributed by atoms with Crippen LogP contribution in [0.3, 0.4) is 0 Å². The maximum Gasteiger partial charge on any atom is 0.181 e. The number of pyridine rings is 1. The van der Waals surface area contributed by atoms with E-state index in [0.717, 1.165) is 0 Å². The summed E-state index contributed by atoms with van der Waals surface area (Å²) in [5.74, 6) is 0. The molecule has 1 atom stereocenters. The number of H-pyrrole nitrogens is 1. The van der Waals surface area contributed by atoms with Crippen LogP contribution in [0.4, 0.5) is 0 Å². The third kappa shape index (κ3) is 2.18. The summed E-state index contributed by atoms with van der Waals surface area (Å²) in [6, 6.07) is 2.58. The molecule has 12 heavy (non-hydrogen) atoms. The first-order chi connectivity index (χ1) is 5.74. The van der Waals surface area contributed by atoms with Crippen LogP contribution in [0.1, 0.15) is 18.2 Å². The van der Waals surface area contributed by atoms with E-state index >= 15 is 0 Å². The summed E-state index contributed by atoms with van der Waals surface area (Å²) in [6.07, 6.45) is 2.01. The second-order valence-corrected chi connectivity index (χ2v) is 2.60. The molecule has 1 rings (SSSR count). The molecule has 0 radical (unpaired) electrons. The fraction of sp³-hybridized carbons (Fsp3) is 0.375. The van der Waals surface area contributed by atoms with Gasteiger partial charge in [-0.25, -0.2) is 0 Å². The van der Waals surface area contributed by atoms with Gasteiger partial charge in [0.1, 0.15) is 0 Å². The highest BCUT2D eigenvalue weighted by Gasteiger charge is 2.04. The van der Waals surface area contributed by atoms with Crippen LogP contribution in [0, 0.1) is 0 Å². The number of aliphatic hydroxyl groups excluding tert-OH is 1. The topological polar surface area (TPSA) is 79.1 Å². The van der Waals surface area contributed by atoms with Crippen molar-refractivity contribution in [3.05, 3.63) is 34.2 Å². The summed E-state index contributed by atoms with van der Waals surface area (Å²) in [4.78, 5) is 13.7. The van der Waals surface area contributed by atoms with Crippen molar-refractivity contribution in [1.29, 1.82) is 0 Å². The second kappa shape index (κ2) is 4.04. The average Bonchev–Trinajstić information content (AvgIpc) is 2.05. The Labute approximate surface area is 70.0 Å². The molecule has 0 bridgehead atoms. The number of aromatic amines is 1. The molecular weight excluding hydrogens is 156 g/mol. The van der Waals surface area contributed by atoms with Gasteiger partial charge in [-0.3, -0.25) is 4.79 Å². The number of hydrogen-bond acceptors (Lipinski definition) is 3. The van der Waals surface area contributed by atoms with E-state index in [1.54, 1.807) is 6.20 Å². The molecule has 1 aromatic rings. The Morgan fingerprint density at radius 1 is 1.67 bits per heavy atom. The van der Waals surface area contributed by atoms with E-state index in [1.165, 1.54) is 12.1 Å². The summed E-state index contributed by atoms with van der Waals surface area (Å²) in [6.45, 7) is 0.0259. The van der Waals surface area contributed by atoms with Gasteiger partial charge in [0.15, 0.2) is 5.43 Å². The molecule has 0 fully saturated rings. The van der Waals surface area contributed by atoms with Crippen molar-refractivity contribution in [2.45, 2.75) is 12.5 Å². The first kappa shape index (κ1) is 8.96. The van der Waals surface area contributed by atoms with E-state index in [9.17, 15) is 4.79 Å². The zero-order chi connectivity index (χ0) is 8.97. The molecule has 1 aromatic heterocycles. The van der Waals surface area contributed by atoms with E-state index in [0.29, 0.717) is 12.1 Å². The summed E-state index contributed by atoms with van der Waals surface area (Å²) in [7, 11) is 0. The minimum atomic E-state index is -0.288. The molecule has 0 saturated carbocycles. The number of aromatic nitrogens is 1. The van der Waals surface area contributed by atoms with Crippen LogP contribution >= 0.6 is 0 Å². The summed E-state index contributed by atoms with van der Waals surface area (Å²) >= 11 is 0. The van der Waals surface area contributed by atoms with E-state index in [-0.39, 0.29) is 18.1 Å². The summed E-state index contributed by atoms with van der Waals surface area (Å²) in [5.41, 5.74) is 6.24. The molecule has 0 aromatic carbocycles. The Bertz CT molecular complexity index is 295. The molecule has 0 saturated heterocycles. The molecule has 0 amide bonds. The zero-order valence-corrected chi connectivity index (χ0v) is 6.66. The second-order valence-electron chi connectivity index (χ2n) is 2.60. The van der Waals surface area contributed by atoms with Gasteiger partial charge in [-0.15, -0.1) is 0 Å². The summed E-state index contributed by atoms with van der Waals surface area (Å²) in [5, 5.41) is 8.60. The minimum Gasteiger partial charge on any atom is -0.396 e. The van der Waals surface area contributed by atoms with E-state index < -0.39 is 0 Å². The van der Waals surface area contributed by atoms with E-state index in [1.807, 2.05) is 0 Å². The molecule has 0 spiro atoms. The zero-order valence-electron chi connectivity index (χ0n) is 6.66. The van der Waals surface area contributed by atoms with Gasteiger partial charge >= 0.3 is 0 Å². The maximum atomic E-state index is 10.9. The molecule has 0 aliphatic carbocycles. The standard InChI is InChI=1S/C8H12N2O2/c9-7(2-4-11)8-5-6(12)1-3-10-8/h1,3,5,7,11H,2,4,9H2,(H,10,12)/t7-/m1/s1. The first-order valence-corrected chi connectivity index (χ1v) is 3.79. The molecule has 66 valence electrons. The molecule has 4 nitrogen and oxygen atoms in total. The van der Waals surface area contributed by atoms with Crippen molar-refractivity contribution in [3.63, 3.8) is 0 Å². The van der Waals surface area contributed by atoms with Gasteiger partial charge in [0.2, 0.25) is 0 Å². The molecule has 0 aliphatic rings. The van der Waals surface area contributed by atoms with Gasteiger partial charge in [-0.05, 0) is 6.42 Å². The van der Waals surface area contributed by atoms with Crippen LogP contribution in [0.25, 0.3) is 0 Å². The van der Waals surface area contributed by atoms with Gasteiger partial charge in [0.05, 0.1) is 0 Å². The van der Waals surface area contributed by atoms with Crippen LogP contribution < -0.4 is 11.2 Å². The Hall–Kier alpha value is -1.13. The van der Waals surface area contributed by atoms with E-state index in [2.05, 4.69) is 4.98 Å². The predicted molar refractivity (Wildman–Crippen MR) is 45.7 cm³/mol. The van der Waals surface area contributed by atoms with Crippen LogP contribution in [0.15, 0.2) is 23.1 Å².